The average Bonchev–Trinajstić information content (AvgIpc) is 2.69. The van der Waals surface area contributed by atoms with Gasteiger partial charge in [0.2, 0.25) is 0 Å². The highest BCUT2D eigenvalue weighted by Crippen LogP contribution is 2.31. The minimum atomic E-state index is -1.21. The van der Waals surface area contributed by atoms with Gasteiger partial charge in [-0.2, -0.15) is 0 Å². The van der Waals surface area contributed by atoms with Gasteiger partial charge in [-0.1, -0.05) is 12.1 Å². The number of hydrogen-bond acceptors (Lipinski definition) is 6. The van der Waals surface area contributed by atoms with Gasteiger partial charge in [-0.05, 0) is 78.3 Å². The van der Waals surface area contributed by atoms with Gasteiger partial charge in [0.1, 0.15) is 22.8 Å². The fourth-order valence-corrected chi connectivity index (χ4v) is 3.27. The van der Waals surface area contributed by atoms with Crippen molar-refractivity contribution in [2.75, 3.05) is 0 Å². The summed E-state index contributed by atoms with van der Waals surface area (Å²) in [5, 5.41) is 58.1. The Morgan fingerprint density at radius 2 is 1.10 bits per heavy atom. The molecule has 0 bridgehead atoms. The van der Waals surface area contributed by atoms with Crippen LogP contribution in [-0.4, -0.2) is 36.6 Å². The minimum Gasteiger partial charge on any atom is -0.508 e. The second-order valence-electron chi connectivity index (χ2n) is 7.09. The molecule has 7 nitrogen and oxygen atoms in total. The molecule has 30 heavy (non-hydrogen) atoms. The Kier molecular flexibility index (Phi) is 6.01. The number of rotatable bonds is 7. The van der Waals surface area contributed by atoms with Crippen molar-refractivity contribution >= 4 is 5.97 Å². The standard InChI is InChI=1S/C23H22O7/c24-18-8-4-14(10-22(18)28)2-6-16-11-15(19(25)12-20(16)26)5-1-13-3-7-17(23(29)30)21(27)9-13/h3-4,7-12,24-28H,1-2,5-6H2,(H,29,30). The van der Waals surface area contributed by atoms with Crippen LogP contribution in [0.2, 0.25) is 0 Å². The Labute approximate surface area is 172 Å². The molecule has 3 rings (SSSR count). The van der Waals surface area contributed by atoms with Gasteiger partial charge in [0.25, 0.3) is 0 Å². The summed E-state index contributed by atoms with van der Waals surface area (Å²) in [6, 6.07) is 11.9. The zero-order valence-electron chi connectivity index (χ0n) is 16.0. The first-order valence-corrected chi connectivity index (χ1v) is 9.34. The van der Waals surface area contributed by atoms with Gasteiger partial charge in [-0.3, -0.25) is 0 Å². The number of hydrogen-bond donors (Lipinski definition) is 6. The van der Waals surface area contributed by atoms with E-state index in [-0.39, 0.29) is 34.3 Å². The number of carboxylic acid groups (broad SMARTS) is 1. The Morgan fingerprint density at radius 1 is 0.567 bits per heavy atom. The minimum absolute atomic E-state index is 0.0392. The predicted molar refractivity (Wildman–Crippen MR) is 109 cm³/mol. The van der Waals surface area contributed by atoms with Crippen LogP contribution >= 0.6 is 0 Å². The largest absolute Gasteiger partial charge is 0.508 e. The van der Waals surface area contributed by atoms with Gasteiger partial charge in [0.05, 0.1) is 0 Å². The van der Waals surface area contributed by atoms with Gasteiger partial charge in [0, 0.05) is 6.07 Å². The van der Waals surface area contributed by atoms with E-state index >= 15 is 0 Å². The molecule has 0 spiro atoms. The molecule has 0 aliphatic rings. The molecule has 0 heterocycles. The summed E-state index contributed by atoms with van der Waals surface area (Å²) in [5.74, 6) is -2.02. The SMILES string of the molecule is O=C(O)c1ccc(CCc2cc(CCc3ccc(O)c(O)c3)c(O)cc2O)cc1O. The number of benzene rings is 3. The molecule has 0 aliphatic heterocycles. The molecular weight excluding hydrogens is 388 g/mol. The van der Waals surface area contributed by atoms with Crippen LogP contribution in [0.1, 0.15) is 32.6 Å². The van der Waals surface area contributed by atoms with E-state index in [0.29, 0.717) is 42.4 Å². The maximum absolute atomic E-state index is 11.0. The number of carbonyl (C=O) groups is 1. The third-order valence-electron chi connectivity index (χ3n) is 4.98. The van der Waals surface area contributed by atoms with Gasteiger partial charge < -0.3 is 30.6 Å². The van der Waals surface area contributed by atoms with E-state index in [0.717, 1.165) is 5.56 Å². The molecule has 0 fully saturated rings. The summed E-state index contributed by atoms with van der Waals surface area (Å²) >= 11 is 0. The summed E-state index contributed by atoms with van der Waals surface area (Å²) in [6.07, 6.45) is 1.84. The van der Waals surface area contributed by atoms with E-state index in [1.807, 2.05) is 0 Å². The summed E-state index contributed by atoms with van der Waals surface area (Å²) in [5.41, 5.74) is 2.56. The molecule has 7 heteroatoms. The van der Waals surface area contributed by atoms with Crippen LogP contribution in [0.15, 0.2) is 48.5 Å². The van der Waals surface area contributed by atoms with Crippen molar-refractivity contribution in [3.8, 4) is 28.7 Å². The van der Waals surface area contributed by atoms with Crippen molar-refractivity contribution in [3.63, 3.8) is 0 Å². The molecule has 0 aliphatic carbocycles. The molecule has 0 unspecified atom stereocenters. The zero-order valence-corrected chi connectivity index (χ0v) is 16.0. The maximum atomic E-state index is 11.0. The Morgan fingerprint density at radius 3 is 1.60 bits per heavy atom. The van der Waals surface area contributed by atoms with Gasteiger partial charge >= 0.3 is 5.97 Å². The van der Waals surface area contributed by atoms with Crippen molar-refractivity contribution in [2.24, 2.45) is 0 Å². The predicted octanol–water partition coefficient (Wildman–Crippen LogP) is 3.48. The molecule has 0 atom stereocenters. The molecule has 156 valence electrons. The number of phenolic OH excluding ortho intramolecular Hbond substituents is 4. The zero-order chi connectivity index (χ0) is 21.8. The monoisotopic (exact) mass is 410 g/mol. The van der Waals surface area contributed by atoms with E-state index < -0.39 is 5.97 Å². The highest BCUT2D eigenvalue weighted by molar-refractivity contribution is 5.90. The highest BCUT2D eigenvalue weighted by Gasteiger charge is 2.12. The Bertz CT molecular complexity index is 1090. The summed E-state index contributed by atoms with van der Waals surface area (Å²) in [6.45, 7) is 0. The van der Waals surface area contributed by atoms with Gasteiger partial charge in [0.15, 0.2) is 11.5 Å². The fraction of sp³-hybridized carbons (Fsp3) is 0.174. The second-order valence-corrected chi connectivity index (χ2v) is 7.09. The molecule has 0 amide bonds. The molecule has 0 aromatic heterocycles. The Hall–Kier alpha value is -3.87. The van der Waals surface area contributed by atoms with Crippen LogP contribution < -0.4 is 0 Å². The lowest BCUT2D eigenvalue weighted by molar-refractivity contribution is 0.0693. The molecule has 3 aromatic rings. The lowest BCUT2D eigenvalue weighted by Gasteiger charge is -2.11. The quantitative estimate of drug-likeness (QED) is 0.328. The molecule has 0 saturated heterocycles. The summed E-state index contributed by atoms with van der Waals surface area (Å²) in [7, 11) is 0. The first-order valence-electron chi connectivity index (χ1n) is 9.34. The van der Waals surface area contributed by atoms with Crippen LogP contribution in [0, 0.1) is 0 Å². The number of aryl methyl sites for hydroxylation is 4. The lowest BCUT2D eigenvalue weighted by Crippen LogP contribution is -1.99. The lowest BCUT2D eigenvalue weighted by atomic mass is 9.97. The van der Waals surface area contributed by atoms with Crippen LogP contribution in [0.25, 0.3) is 0 Å². The third-order valence-corrected chi connectivity index (χ3v) is 4.98. The normalized spacial score (nSPS) is 10.8. The van der Waals surface area contributed by atoms with Crippen LogP contribution in [0.3, 0.4) is 0 Å². The average molecular weight is 410 g/mol. The first-order chi connectivity index (χ1) is 14.2. The molecular formula is C23H22O7. The maximum Gasteiger partial charge on any atom is 0.339 e. The first kappa shape index (κ1) is 20.9. The second kappa shape index (κ2) is 8.65. The van der Waals surface area contributed by atoms with Crippen molar-refractivity contribution in [3.05, 3.63) is 76.3 Å². The number of phenols is 5. The van der Waals surface area contributed by atoms with Crippen LogP contribution in [0.5, 0.6) is 28.7 Å². The van der Waals surface area contributed by atoms with E-state index in [1.54, 1.807) is 18.2 Å². The topological polar surface area (TPSA) is 138 Å². The van der Waals surface area contributed by atoms with E-state index in [2.05, 4.69) is 0 Å². The fourth-order valence-electron chi connectivity index (χ4n) is 3.27. The molecule has 6 N–H and O–H groups in total. The summed E-state index contributed by atoms with van der Waals surface area (Å²) < 4.78 is 0. The van der Waals surface area contributed by atoms with Crippen molar-refractivity contribution in [2.45, 2.75) is 25.7 Å². The third kappa shape index (κ3) is 4.75. The number of aromatic hydroxyl groups is 5. The molecule has 0 saturated carbocycles. The Balaban J connectivity index is 1.72. The van der Waals surface area contributed by atoms with E-state index in [9.17, 15) is 30.3 Å². The van der Waals surface area contributed by atoms with Crippen molar-refractivity contribution < 1.29 is 35.4 Å². The van der Waals surface area contributed by atoms with Crippen LogP contribution in [0.4, 0.5) is 0 Å². The van der Waals surface area contributed by atoms with Gasteiger partial charge in [-0.25, -0.2) is 4.79 Å². The number of aromatic carboxylic acids is 1. The van der Waals surface area contributed by atoms with E-state index in [4.69, 9.17) is 5.11 Å². The highest BCUT2D eigenvalue weighted by atomic mass is 16.4. The summed E-state index contributed by atoms with van der Waals surface area (Å²) in [4.78, 5) is 11.0. The van der Waals surface area contributed by atoms with Gasteiger partial charge in [-0.15, -0.1) is 0 Å². The number of carboxylic acids is 1. The smallest absolute Gasteiger partial charge is 0.339 e. The van der Waals surface area contributed by atoms with Crippen molar-refractivity contribution in [1.29, 1.82) is 0 Å². The van der Waals surface area contributed by atoms with Crippen molar-refractivity contribution in [1.82, 2.24) is 0 Å². The van der Waals surface area contributed by atoms with E-state index in [1.165, 1.54) is 30.3 Å². The molecule has 0 radical (unpaired) electrons. The van der Waals surface area contributed by atoms with Crippen LogP contribution in [-0.2, 0) is 25.7 Å². The molecule has 3 aromatic carbocycles.